The third-order valence-electron chi connectivity index (χ3n) is 4.17. The highest BCUT2D eigenvalue weighted by atomic mass is 19.3. The highest BCUT2D eigenvalue weighted by molar-refractivity contribution is 5.76. The molecule has 0 heterocycles. The lowest BCUT2D eigenvalue weighted by molar-refractivity contribution is -0.121. The summed E-state index contributed by atoms with van der Waals surface area (Å²) in [5.41, 5.74) is 3.40. The predicted octanol–water partition coefficient (Wildman–Crippen LogP) is 4.70. The van der Waals surface area contributed by atoms with Gasteiger partial charge in [0, 0.05) is 13.0 Å². The molecule has 0 atom stereocenters. The maximum absolute atomic E-state index is 12.1. The first-order valence-corrected chi connectivity index (χ1v) is 8.83. The number of benzene rings is 2. The largest absolute Gasteiger partial charge is 0.435 e. The number of ether oxygens (including phenoxy) is 1. The number of nitrogens with one attached hydrogen (secondary N) is 1. The van der Waals surface area contributed by atoms with Crippen molar-refractivity contribution in [2.24, 2.45) is 0 Å². The first-order valence-electron chi connectivity index (χ1n) is 8.83. The number of alkyl halides is 2. The van der Waals surface area contributed by atoms with Crippen LogP contribution in [0.2, 0.25) is 0 Å². The van der Waals surface area contributed by atoms with Gasteiger partial charge in [-0.2, -0.15) is 8.78 Å². The van der Waals surface area contributed by atoms with E-state index in [0.717, 1.165) is 11.1 Å². The van der Waals surface area contributed by atoms with E-state index >= 15 is 0 Å². The molecule has 0 radical (unpaired) electrons. The van der Waals surface area contributed by atoms with Crippen LogP contribution in [-0.4, -0.2) is 19.1 Å². The fourth-order valence-electron chi connectivity index (χ4n) is 2.60. The highest BCUT2D eigenvalue weighted by Crippen LogP contribution is 2.16. The lowest BCUT2D eigenvalue weighted by Crippen LogP contribution is -2.25. The molecule has 0 aliphatic rings. The molecule has 3 nitrogen and oxygen atoms in total. The Morgan fingerprint density at radius 3 is 2.12 bits per heavy atom. The van der Waals surface area contributed by atoms with Gasteiger partial charge in [-0.3, -0.25) is 4.79 Å². The zero-order valence-electron chi connectivity index (χ0n) is 15.2. The van der Waals surface area contributed by atoms with Crippen LogP contribution in [0.1, 0.15) is 42.9 Å². The summed E-state index contributed by atoms with van der Waals surface area (Å²) in [4.78, 5) is 11.9. The van der Waals surface area contributed by atoms with Gasteiger partial charge in [0.1, 0.15) is 5.75 Å². The Hall–Kier alpha value is -2.43. The summed E-state index contributed by atoms with van der Waals surface area (Å²) >= 11 is 0. The van der Waals surface area contributed by atoms with Gasteiger partial charge in [0.05, 0.1) is 0 Å². The summed E-state index contributed by atoms with van der Waals surface area (Å²) in [6.07, 6.45) is 1.80. The van der Waals surface area contributed by atoms with Crippen LogP contribution in [-0.2, 0) is 17.6 Å². The standard InChI is InChI=1S/C21H25F2NO2/c1-15(2)18-8-3-16(4-9-18)7-12-20(25)24-14-13-17-5-10-19(11-6-17)26-21(22)23/h3-6,8-11,15,21H,7,12-14H2,1-2H3,(H,24,25). The molecule has 0 aliphatic carbocycles. The van der Waals surface area contributed by atoms with Crippen LogP contribution in [0.4, 0.5) is 8.78 Å². The van der Waals surface area contributed by atoms with Gasteiger partial charge in [-0.25, -0.2) is 0 Å². The van der Waals surface area contributed by atoms with Crippen molar-refractivity contribution in [2.45, 2.75) is 45.6 Å². The van der Waals surface area contributed by atoms with Crippen molar-refractivity contribution in [3.05, 3.63) is 65.2 Å². The zero-order valence-corrected chi connectivity index (χ0v) is 15.2. The molecule has 0 saturated heterocycles. The van der Waals surface area contributed by atoms with Crippen molar-refractivity contribution < 1.29 is 18.3 Å². The van der Waals surface area contributed by atoms with Gasteiger partial charge in [0.2, 0.25) is 5.91 Å². The Labute approximate surface area is 153 Å². The number of amides is 1. The minimum Gasteiger partial charge on any atom is -0.435 e. The molecule has 2 rings (SSSR count). The number of hydrogen-bond donors (Lipinski definition) is 1. The van der Waals surface area contributed by atoms with Crippen LogP contribution in [0.3, 0.4) is 0 Å². The summed E-state index contributed by atoms with van der Waals surface area (Å²) in [6, 6.07) is 14.8. The topological polar surface area (TPSA) is 38.3 Å². The Morgan fingerprint density at radius 1 is 0.962 bits per heavy atom. The van der Waals surface area contributed by atoms with E-state index < -0.39 is 6.61 Å². The number of carbonyl (C=O) groups excluding carboxylic acids is 1. The van der Waals surface area contributed by atoms with Crippen LogP contribution in [0.15, 0.2) is 48.5 Å². The zero-order chi connectivity index (χ0) is 18.9. The molecule has 0 bridgehead atoms. The van der Waals surface area contributed by atoms with E-state index in [0.29, 0.717) is 31.7 Å². The van der Waals surface area contributed by atoms with Crippen LogP contribution < -0.4 is 10.1 Å². The maximum Gasteiger partial charge on any atom is 0.387 e. The second kappa shape index (κ2) is 9.90. The van der Waals surface area contributed by atoms with E-state index in [1.165, 1.54) is 17.7 Å². The van der Waals surface area contributed by atoms with Gasteiger partial charge in [-0.05, 0) is 47.6 Å². The molecule has 5 heteroatoms. The van der Waals surface area contributed by atoms with Crippen LogP contribution in [0.5, 0.6) is 5.75 Å². The molecule has 2 aromatic rings. The van der Waals surface area contributed by atoms with Crippen molar-refractivity contribution in [1.82, 2.24) is 5.32 Å². The first-order chi connectivity index (χ1) is 12.4. The number of aryl methyl sites for hydroxylation is 1. The smallest absolute Gasteiger partial charge is 0.387 e. The Bertz CT molecular complexity index is 682. The van der Waals surface area contributed by atoms with Gasteiger partial charge >= 0.3 is 6.61 Å². The normalized spacial score (nSPS) is 11.0. The lowest BCUT2D eigenvalue weighted by Gasteiger charge is -2.08. The Balaban J connectivity index is 1.68. The summed E-state index contributed by atoms with van der Waals surface area (Å²) in [7, 11) is 0. The molecule has 0 fully saturated rings. The molecule has 1 amide bonds. The van der Waals surface area contributed by atoms with Crippen LogP contribution in [0, 0.1) is 0 Å². The van der Waals surface area contributed by atoms with E-state index in [4.69, 9.17) is 0 Å². The molecule has 1 N–H and O–H groups in total. The van der Waals surface area contributed by atoms with Gasteiger partial charge in [-0.15, -0.1) is 0 Å². The van der Waals surface area contributed by atoms with Gasteiger partial charge in [-0.1, -0.05) is 50.2 Å². The molecule has 2 aromatic carbocycles. The summed E-state index contributed by atoms with van der Waals surface area (Å²) in [6.45, 7) is 2.01. The fraction of sp³-hybridized carbons (Fsp3) is 0.381. The number of hydrogen-bond acceptors (Lipinski definition) is 2. The average Bonchev–Trinajstić information content (AvgIpc) is 2.61. The molecule has 0 saturated carbocycles. The molecular weight excluding hydrogens is 336 g/mol. The third kappa shape index (κ3) is 6.82. The van der Waals surface area contributed by atoms with Crippen molar-refractivity contribution in [1.29, 1.82) is 0 Å². The number of rotatable bonds is 9. The minimum absolute atomic E-state index is 0.00981. The summed E-state index contributed by atoms with van der Waals surface area (Å²) in [5.74, 6) is 0.648. The quantitative estimate of drug-likeness (QED) is 0.703. The van der Waals surface area contributed by atoms with Gasteiger partial charge < -0.3 is 10.1 Å². The van der Waals surface area contributed by atoms with Crippen LogP contribution in [0.25, 0.3) is 0 Å². The summed E-state index contributed by atoms with van der Waals surface area (Å²) < 4.78 is 28.5. The van der Waals surface area contributed by atoms with Crippen molar-refractivity contribution in [2.75, 3.05) is 6.54 Å². The van der Waals surface area contributed by atoms with E-state index in [1.807, 2.05) is 0 Å². The van der Waals surface area contributed by atoms with Crippen LogP contribution >= 0.6 is 0 Å². The molecule has 0 aromatic heterocycles. The highest BCUT2D eigenvalue weighted by Gasteiger charge is 2.05. The van der Waals surface area contributed by atoms with E-state index in [9.17, 15) is 13.6 Å². The Morgan fingerprint density at radius 2 is 1.54 bits per heavy atom. The molecular formula is C21H25F2NO2. The van der Waals surface area contributed by atoms with Crippen molar-refractivity contribution >= 4 is 5.91 Å². The van der Waals surface area contributed by atoms with E-state index in [2.05, 4.69) is 48.2 Å². The average molecular weight is 361 g/mol. The molecule has 140 valence electrons. The maximum atomic E-state index is 12.1. The van der Waals surface area contributed by atoms with Gasteiger partial charge in [0.25, 0.3) is 0 Å². The molecule has 0 aliphatic heterocycles. The van der Waals surface area contributed by atoms with Crippen molar-refractivity contribution in [3.8, 4) is 5.75 Å². The second-order valence-electron chi connectivity index (χ2n) is 6.52. The predicted molar refractivity (Wildman–Crippen MR) is 98.6 cm³/mol. The Kier molecular flexibility index (Phi) is 7.57. The molecule has 26 heavy (non-hydrogen) atoms. The minimum atomic E-state index is -2.82. The van der Waals surface area contributed by atoms with E-state index in [1.54, 1.807) is 12.1 Å². The first kappa shape index (κ1) is 19.9. The third-order valence-corrected chi connectivity index (χ3v) is 4.17. The lowest BCUT2D eigenvalue weighted by atomic mass is 10.0. The SMILES string of the molecule is CC(C)c1ccc(CCC(=O)NCCc2ccc(OC(F)F)cc2)cc1. The number of halogens is 2. The summed E-state index contributed by atoms with van der Waals surface area (Å²) in [5, 5.41) is 2.89. The van der Waals surface area contributed by atoms with Gasteiger partial charge in [0.15, 0.2) is 0 Å². The molecule has 0 unspecified atom stereocenters. The fourth-order valence-corrected chi connectivity index (χ4v) is 2.60. The molecule has 0 spiro atoms. The van der Waals surface area contributed by atoms with E-state index in [-0.39, 0.29) is 11.7 Å². The van der Waals surface area contributed by atoms with Crippen molar-refractivity contribution in [3.63, 3.8) is 0 Å². The second-order valence-corrected chi connectivity index (χ2v) is 6.52. The monoisotopic (exact) mass is 361 g/mol. The number of carbonyl (C=O) groups is 1.